The molecule has 0 saturated carbocycles. The maximum Gasteiger partial charge on any atom is 0.248 e. The first kappa shape index (κ1) is 26.5. The van der Waals surface area contributed by atoms with Crippen molar-refractivity contribution in [2.45, 2.75) is 33.5 Å². The van der Waals surface area contributed by atoms with Gasteiger partial charge in [-0.25, -0.2) is 15.0 Å². The summed E-state index contributed by atoms with van der Waals surface area (Å²) < 4.78 is 15.4. The second kappa shape index (κ2) is 11.1. The van der Waals surface area contributed by atoms with Crippen LogP contribution in [-0.4, -0.2) is 61.2 Å². The number of carbonyl (C=O) groups excluding carboxylic acids is 1. The zero-order chi connectivity index (χ0) is 28.5. The molecule has 0 bridgehead atoms. The molecule has 0 unspecified atom stereocenters. The number of primary amides is 1. The van der Waals surface area contributed by atoms with Crippen LogP contribution in [0, 0.1) is 13.8 Å². The van der Waals surface area contributed by atoms with E-state index >= 15 is 0 Å². The van der Waals surface area contributed by atoms with Gasteiger partial charge in [0.1, 0.15) is 5.69 Å². The molecule has 12 heteroatoms. The Hall–Kier alpha value is -4.68. The zero-order valence-corrected chi connectivity index (χ0v) is 23.1. The van der Waals surface area contributed by atoms with Crippen molar-refractivity contribution in [3.05, 3.63) is 71.3 Å². The second-order valence-corrected chi connectivity index (χ2v) is 10.1. The highest BCUT2D eigenvalue weighted by atomic mass is 16.5. The molecule has 0 spiro atoms. The molecule has 41 heavy (non-hydrogen) atoms. The van der Waals surface area contributed by atoms with Crippen molar-refractivity contribution in [1.82, 2.24) is 29.0 Å². The molecular formula is C29H33N9O3. The molecule has 0 radical (unpaired) electrons. The minimum Gasteiger partial charge on any atom is -0.425 e. The lowest BCUT2D eigenvalue weighted by molar-refractivity contribution is 0.0343. The molecule has 5 aromatic rings. The van der Waals surface area contributed by atoms with E-state index in [2.05, 4.69) is 43.0 Å². The second-order valence-electron chi connectivity index (χ2n) is 10.1. The average molecular weight is 556 g/mol. The number of fused-ring (bicyclic) bond motifs is 2. The van der Waals surface area contributed by atoms with Crippen molar-refractivity contribution in [2.75, 3.05) is 37.4 Å². The molecule has 0 aliphatic carbocycles. The van der Waals surface area contributed by atoms with Crippen LogP contribution in [0.2, 0.25) is 0 Å². The number of anilines is 3. The molecule has 5 N–H and O–H groups in total. The largest absolute Gasteiger partial charge is 0.425 e. The highest BCUT2D eigenvalue weighted by Crippen LogP contribution is 2.28. The number of aromatic nitrogens is 5. The van der Waals surface area contributed by atoms with E-state index in [0.717, 1.165) is 55.1 Å². The van der Waals surface area contributed by atoms with Gasteiger partial charge in [0.15, 0.2) is 5.89 Å². The number of oxazole rings is 1. The molecule has 4 heterocycles. The highest BCUT2D eigenvalue weighted by Gasteiger charge is 2.19. The number of nitrogens with one attached hydrogen (secondary N) is 1. The van der Waals surface area contributed by atoms with Crippen molar-refractivity contribution in [2.24, 2.45) is 5.73 Å². The summed E-state index contributed by atoms with van der Waals surface area (Å²) >= 11 is 0. The van der Waals surface area contributed by atoms with Gasteiger partial charge in [0, 0.05) is 45.2 Å². The molecule has 1 aliphatic heterocycles. The normalized spacial score (nSPS) is 14.5. The number of nitrogen functional groups attached to an aromatic ring is 1. The van der Waals surface area contributed by atoms with Gasteiger partial charge >= 0.3 is 0 Å². The van der Waals surface area contributed by atoms with Crippen molar-refractivity contribution in [1.29, 1.82) is 0 Å². The minimum absolute atomic E-state index is 0.366. The van der Waals surface area contributed by atoms with Gasteiger partial charge in [-0.1, -0.05) is 24.3 Å². The van der Waals surface area contributed by atoms with Crippen LogP contribution in [0.1, 0.15) is 27.5 Å². The van der Waals surface area contributed by atoms with Crippen LogP contribution in [-0.2, 0) is 24.4 Å². The van der Waals surface area contributed by atoms with E-state index < -0.39 is 5.91 Å². The number of hydrogen-bond donors (Lipinski definition) is 3. The van der Waals surface area contributed by atoms with Crippen LogP contribution in [0.4, 0.5) is 17.8 Å². The van der Waals surface area contributed by atoms with Crippen LogP contribution in [0.15, 0.2) is 53.0 Å². The van der Waals surface area contributed by atoms with Gasteiger partial charge in [0.05, 0.1) is 35.3 Å². The summed E-state index contributed by atoms with van der Waals surface area (Å²) in [6.45, 7) is 8.88. The van der Waals surface area contributed by atoms with Crippen molar-refractivity contribution in [3.8, 4) is 0 Å². The van der Waals surface area contributed by atoms with Crippen LogP contribution in [0.5, 0.6) is 0 Å². The maximum absolute atomic E-state index is 11.6. The summed E-state index contributed by atoms with van der Waals surface area (Å²) in [5, 5.41) is 3.37. The molecule has 1 amide bonds. The van der Waals surface area contributed by atoms with E-state index in [1.54, 1.807) is 12.1 Å². The van der Waals surface area contributed by atoms with Crippen molar-refractivity contribution >= 4 is 45.8 Å². The first-order valence-electron chi connectivity index (χ1n) is 13.6. The number of ether oxygens (including phenoxy) is 1. The summed E-state index contributed by atoms with van der Waals surface area (Å²) in [6.07, 6.45) is 4.13. The van der Waals surface area contributed by atoms with E-state index in [-0.39, 0.29) is 0 Å². The minimum atomic E-state index is -0.499. The van der Waals surface area contributed by atoms with Crippen LogP contribution >= 0.6 is 0 Å². The van der Waals surface area contributed by atoms with Crippen molar-refractivity contribution < 1.29 is 13.9 Å². The van der Waals surface area contributed by atoms with Gasteiger partial charge in [-0.15, -0.1) is 0 Å². The number of aryl methyl sites for hydroxylation is 2. The maximum atomic E-state index is 11.6. The predicted octanol–water partition coefficient (Wildman–Crippen LogP) is 3.50. The SMILES string of the molecule is Cc1nc(C)c(Nc2nc3cccc(CN4CCOCC4)c3n2C/C=C/Cn2c(N)nc3cc(C(N)=O)ccc32)o1. The fraction of sp³-hybridized carbons (Fsp3) is 0.310. The smallest absolute Gasteiger partial charge is 0.248 e. The quantitative estimate of drug-likeness (QED) is 0.232. The third kappa shape index (κ3) is 5.39. The van der Waals surface area contributed by atoms with Crippen LogP contribution in [0.25, 0.3) is 22.1 Å². The topological polar surface area (TPSA) is 155 Å². The number of allylic oxidation sites excluding steroid dienone is 2. The molecule has 12 nitrogen and oxygen atoms in total. The van der Waals surface area contributed by atoms with Gasteiger partial charge in [0.2, 0.25) is 23.7 Å². The Labute approximate surface area is 236 Å². The van der Waals surface area contributed by atoms with E-state index in [1.807, 2.05) is 36.6 Å². The van der Waals surface area contributed by atoms with Gasteiger partial charge < -0.3 is 29.8 Å². The van der Waals surface area contributed by atoms with E-state index in [9.17, 15) is 4.79 Å². The molecule has 212 valence electrons. The lowest BCUT2D eigenvalue weighted by Gasteiger charge is -2.27. The number of carbonyl (C=O) groups is 1. The number of amides is 1. The van der Waals surface area contributed by atoms with E-state index in [0.29, 0.717) is 47.8 Å². The third-order valence-corrected chi connectivity index (χ3v) is 7.28. The number of rotatable bonds is 9. The summed E-state index contributed by atoms with van der Waals surface area (Å²) in [5.74, 6) is 1.70. The number of para-hydroxylation sites is 1. The Morgan fingerprint density at radius 2 is 1.80 bits per heavy atom. The third-order valence-electron chi connectivity index (χ3n) is 7.28. The average Bonchev–Trinajstić information content (AvgIpc) is 3.58. The number of nitrogens with zero attached hydrogens (tertiary/aromatic N) is 6. The number of imidazole rings is 2. The van der Waals surface area contributed by atoms with Crippen LogP contribution in [0.3, 0.4) is 0 Å². The van der Waals surface area contributed by atoms with E-state index in [1.165, 1.54) is 5.56 Å². The predicted molar refractivity (Wildman–Crippen MR) is 157 cm³/mol. The Bertz CT molecular complexity index is 1760. The van der Waals surface area contributed by atoms with Gasteiger partial charge in [-0.05, 0) is 36.8 Å². The van der Waals surface area contributed by atoms with Gasteiger partial charge in [0.25, 0.3) is 0 Å². The molecule has 6 rings (SSSR count). The van der Waals surface area contributed by atoms with Gasteiger partial charge in [-0.3, -0.25) is 15.0 Å². The molecular weight excluding hydrogens is 522 g/mol. The first-order valence-corrected chi connectivity index (χ1v) is 13.6. The standard InChI is InChI=1S/C29H33N9O3/c1-18-27(41-19(2)32-18)35-29-34-22-7-5-6-21(17-36-12-14-40-15-13-36)25(22)38(29)11-4-3-10-37-24-9-8-20(26(30)39)16-23(24)33-28(37)31/h3-9,16H,10-15,17H2,1-2H3,(H2,30,39)(H2,31,33)(H,34,35)/b4-3+. The first-order chi connectivity index (χ1) is 19.9. The molecule has 1 fully saturated rings. The Morgan fingerprint density at radius 3 is 2.54 bits per heavy atom. The fourth-order valence-electron chi connectivity index (χ4n) is 5.26. The summed E-state index contributed by atoms with van der Waals surface area (Å²) in [4.78, 5) is 27.7. The number of benzene rings is 2. The molecule has 1 saturated heterocycles. The fourth-order valence-corrected chi connectivity index (χ4v) is 5.26. The Balaban J connectivity index is 1.31. The molecule has 1 aliphatic rings. The molecule has 0 atom stereocenters. The Morgan fingerprint density at radius 1 is 1.02 bits per heavy atom. The summed E-state index contributed by atoms with van der Waals surface area (Å²) in [7, 11) is 0. The lowest BCUT2D eigenvalue weighted by Crippen LogP contribution is -2.35. The highest BCUT2D eigenvalue weighted by molar-refractivity contribution is 5.96. The number of nitrogens with two attached hydrogens (primary N) is 2. The lowest BCUT2D eigenvalue weighted by atomic mass is 10.1. The van der Waals surface area contributed by atoms with Crippen LogP contribution < -0.4 is 16.8 Å². The number of morpholine rings is 1. The summed E-state index contributed by atoms with van der Waals surface area (Å²) in [5.41, 5.74) is 17.4. The molecule has 2 aromatic carbocycles. The summed E-state index contributed by atoms with van der Waals surface area (Å²) in [6, 6.07) is 11.4. The number of hydrogen-bond acceptors (Lipinski definition) is 9. The van der Waals surface area contributed by atoms with Gasteiger partial charge in [-0.2, -0.15) is 0 Å². The monoisotopic (exact) mass is 555 g/mol. The zero-order valence-electron chi connectivity index (χ0n) is 23.1. The van der Waals surface area contributed by atoms with E-state index in [4.69, 9.17) is 25.6 Å². The Kier molecular flexibility index (Phi) is 7.16. The van der Waals surface area contributed by atoms with Crippen molar-refractivity contribution in [3.63, 3.8) is 0 Å². The molecule has 3 aromatic heterocycles.